The Hall–Kier alpha value is -2.35. The average Bonchev–Trinajstić information content (AvgIpc) is 3.39. The molecule has 14 heteroatoms. The van der Waals surface area contributed by atoms with Gasteiger partial charge in [0.05, 0.1) is 11.0 Å². The molecular formula is C20H24BClF3N3O6. The van der Waals surface area contributed by atoms with Crippen molar-refractivity contribution in [2.45, 2.75) is 56.7 Å². The molecule has 2 aromatic heterocycles. The highest BCUT2D eigenvalue weighted by molar-refractivity contribution is 6.32. The Morgan fingerprint density at radius 2 is 1.82 bits per heavy atom. The molecule has 1 aliphatic rings. The monoisotopic (exact) mass is 505 g/mol. The molecule has 34 heavy (non-hydrogen) atoms. The van der Waals surface area contributed by atoms with Crippen LogP contribution in [0.25, 0.3) is 5.82 Å². The lowest BCUT2D eigenvalue weighted by Crippen LogP contribution is -2.66. The third-order valence-electron chi connectivity index (χ3n) is 5.68. The normalized spacial score (nSPS) is 17.7. The van der Waals surface area contributed by atoms with Crippen molar-refractivity contribution >= 4 is 25.4 Å². The van der Waals surface area contributed by atoms with Gasteiger partial charge in [0, 0.05) is 12.3 Å². The van der Waals surface area contributed by atoms with Crippen LogP contribution in [0.2, 0.25) is 5.15 Å². The first kappa shape index (κ1) is 26.3. The van der Waals surface area contributed by atoms with Gasteiger partial charge in [0.15, 0.2) is 13.7 Å². The summed E-state index contributed by atoms with van der Waals surface area (Å²) in [6, 6.07) is 4.10. The van der Waals surface area contributed by atoms with Gasteiger partial charge in [-0.3, -0.25) is 0 Å². The topological polar surface area (TPSA) is 127 Å². The number of hydrogen-bond acceptors (Lipinski definition) is 8. The number of halogens is 4. The Kier molecular flexibility index (Phi) is 6.49. The minimum absolute atomic E-state index is 0.0372. The van der Waals surface area contributed by atoms with E-state index in [1.807, 2.05) is 0 Å². The molecule has 3 N–H and O–H groups in total. The van der Waals surface area contributed by atoms with Crippen molar-refractivity contribution in [3.05, 3.63) is 35.1 Å². The Morgan fingerprint density at radius 1 is 1.21 bits per heavy atom. The SMILES string of the molecule is BC(O)(C(O)(O)COc1ccn(-c2ccc(C(=O)OC(C)(C)C)c(Cl)n2)n1)C1(C(F)(F)F)CC1. The fraction of sp³-hybridized carbons (Fsp3) is 0.550. The van der Waals surface area contributed by atoms with Crippen molar-refractivity contribution < 1.29 is 42.8 Å². The second-order valence-electron chi connectivity index (χ2n) is 9.37. The summed E-state index contributed by atoms with van der Waals surface area (Å²) < 4.78 is 51.7. The molecule has 0 bridgehead atoms. The number of aliphatic hydroxyl groups is 3. The van der Waals surface area contributed by atoms with E-state index in [1.54, 1.807) is 20.8 Å². The van der Waals surface area contributed by atoms with Crippen LogP contribution in [0.1, 0.15) is 44.0 Å². The Balaban J connectivity index is 1.71. The van der Waals surface area contributed by atoms with E-state index < -0.39 is 53.9 Å². The molecule has 3 rings (SSSR count). The Morgan fingerprint density at radius 3 is 2.32 bits per heavy atom. The molecule has 0 spiro atoms. The Bertz CT molecular complexity index is 1080. The van der Waals surface area contributed by atoms with Crippen LogP contribution in [0.4, 0.5) is 13.2 Å². The van der Waals surface area contributed by atoms with E-state index in [0.717, 1.165) is 0 Å². The number of carbonyl (C=O) groups excluding carboxylic acids is 1. The van der Waals surface area contributed by atoms with Crippen molar-refractivity contribution in [1.82, 2.24) is 14.8 Å². The van der Waals surface area contributed by atoms with Crippen LogP contribution in [-0.2, 0) is 4.74 Å². The minimum atomic E-state index is -4.83. The first-order valence-corrected chi connectivity index (χ1v) is 10.6. The van der Waals surface area contributed by atoms with Gasteiger partial charge in [-0.15, -0.1) is 5.10 Å². The third-order valence-corrected chi connectivity index (χ3v) is 5.97. The molecule has 2 heterocycles. The molecule has 9 nitrogen and oxygen atoms in total. The molecule has 1 atom stereocenters. The zero-order valence-corrected chi connectivity index (χ0v) is 19.6. The maximum atomic E-state index is 13.4. The fourth-order valence-electron chi connectivity index (χ4n) is 3.42. The van der Waals surface area contributed by atoms with E-state index in [4.69, 9.17) is 21.1 Å². The number of aromatic nitrogens is 3. The quantitative estimate of drug-likeness (QED) is 0.224. The summed E-state index contributed by atoms with van der Waals surface area (Å²) in [5, 5.41) is 34.7. The largest absolute Gasteiger partial charge is 0.471 e. The van der Waals surface area contributed by atoms with Crippen molar-refractivity contribution in [2.75, 3.05) is 6.61 Å². The number of nitrogens with zero attached hydrogens (tertiary/aromatic N) is 3. The van der Waals surface area contributed by atoms with Crippen LogP contribution >= 0.6 is 11.6 Å². The van der Waals surface area contributed by atoms with Gasteiger partial charge in [0.1, 0.15) is 22.9 Å². The molecular weight excluding hydrogens is 481 g/mol. The molecule has 2 aromatic rings. The summed E-state index contributed by atoms with van der Waals surface area (Å²) in [6.45, 7) is 4.02. The van der Waals surface area contributed by atoms with Gasteiger partial charge in [0.25, 0.3) is 0 Å². The lowest BCUT2D eigenvalue weighted by Gasteiger charge is -2.43. The molecule has 1 saturated carbocycles. The lowest BCUT2D eigenvalue weighted by molar-refractivity contribution is -0.319. The highest BCUT2D eigenvalue weighted by atomic mass is 35.5. The van der Waals surface area contributed by atoms with Crippen molar-refractivity contribution in [3.63, 3.8) is 0 Å². The summed E-state index contributed by atoms with van der Waals surface area (Å²) in [5.41, 5.74) is -6.25. The second-order valence-corrected chi connectivity index (χ2v) is 9.72. The molecule has 1 fully saturated rings. The number of pyridine rings is 1. The summed E-state index contributed by atoms with van der Waals surface area (Å²) in [6.07, 6.45) is -4.33. The van der Waals surface area contributed by atoms with Gasteiger partial charge in [-0.25, -0.2) is 14.5 Å². The number of carbonyl (C=O) groups is 1. The highest BCUT2D eigenvalue weighted by Gasteiger charge is 2.76. The van der Waals surface area contributed by atoms with Crippen LogP contribution < -0.4 is 4.74 Å². The molecule has 1 unspecified atom stereocenters. The van der Waals surface area contributed by atoms with Crippen LogP contribution in [0.5, 0.6) is 5.88 Å². The molecule has 186 valence electrons. The van der Waals surface area contributed by atoms with Crippen molar-refractivity contribution in [1.29, 1.82) is 0 Å². The number of alkyl halides is 3. The molecule has 0 aromatic carbocycles. The van der Waals surface area contributed by atoms with E-state index in [-0.39, 0.29) is 22.4 Å². The van der Waals surface area contributed by atoms with Crippen LogP contribution in [0.3, 0.4) is 0 Å². The highest BCUT2D eigenvalue weighted by Crippen LogP contribution is 2.64. The van der Waals surface area contributed by atoms with E-state index >= 15 is 0 Å². The maximum absolute atomic E-state index is 13.4. The predicted octanol–water partition coefficient (Wildman–Crippen LogP) is 1.60. The first-order chi connectivity index (χ1) is 15.4. The zero-order chi connectivity index (χ0) is 25.7. The summed E-state index contributed by atoms with van der Waals surface area (Å²) in [7, 11) is 0.716. The standard InChI is InChI=1S/C20H24BClF3N3O6/c1-16(2,3)34-15(29)11-4-5-12(26-14(11)22)28-9-6-13(27-28)33-10-18(30,31)19(21,32)17(7-8-17)20(23,24)25/h4-6,9,30-32H,7-8,10,21H2,1-3H3. The molecule has 0 amide bonds. The van der Waals surface area contributed by atoms with Gasteiger partial charge in [-0.05, 0) is 45.7 Å². The Labute approximate surface area is 198 Å². The number of rotatable bonds is 7. The van der Waals surface area contributed by atoms with Crippen molar-refractivity contribution in [3.8, 4) is 11.7 Å². The fourth-order valence-corrected chi connectivity index (χ4v) is 3.65. The van der Waals surface area contributed by atoms with Gasteiger partial charge >= 0.3 is 12.1 Å². The second kappa shape index (κ2) is 8.40. The number of esters is 1. The first-order valence-electron chi connectivity index (χ1n) is 10.2. The van der Waals surface area contributed by atoms with Gasteiger partial charge < -0.3 is 24.8 Å². The smallest absolute Gasteiger partial charge is 0.396 e. The zero-order valence-electron chi connectivity index (χ0n) is 18.9. The summed E-state index contributed by atoms with van der Waals surface area (Å²) in [4.78, 5) is 16.3. The lowest BCUT2D eigenvalue weighted by atomic mass is 9.63. The van der Waals surface area contributed by atoms with Gasteiger partial charge in [-0.2, -0.15) is 13.2 Å². The van der Waals surface area contributed by atoms with Crippen LogP contribution in [-0.4, -0.2) is 73.6 Å². The van der Waals surface area contributed by atoms with E-state index in [9.17, 15) is 33.3 Å². The van der Waals surface area contributed by atoms with E-state index in [2.05, 4.69) is 10.1 Å². The van der Waals surface area contributed by atoms with Crippen LogP contribution in [0.15, 0.2) is 24.4 Å². The molecule has 0 radical (unpaired) electrons. The van der Waals surface area contributed by atoms with Crippen LogP contribution in [0, 0.1) is 5.41 Å². The summed E-state index contributed by atoms with van der Waals surface area (Å²) >= 11 is 6.10. The summed E-state index contributed by atoms with van der Waals surface area (Å²) in [5.74, 6) is -3.90. The maximum Gasteiger partial charge on any atom is 0.396 e. The molecule has 0 aliphatic heterocycles. The predicted molar refractivity (Wildman–Crippen MR) is 115 cm³/mol. The van der Waals surface area contributed by atoms with E-state index in [1.165, 1.54) is 29.1 Å². The van der Waals surface area contributed by atoms with E-state index in [0.29, 0.717) is 7.85 Å². The van der Waals surface area contributed by atoms with Crippen molar-refractivity contribution in [2.24, 2.45) is 5.41 Å². The third kappa shape index (κ3) is 4.88. The molecule has 0 saturated heterocycles. The average molecular weight is 506 g/mol. The number of hydrogen-bond donors (Lipinski definition) is 3. The minimum Gasteiger partial charge on any atom is -0.471 e. The molecule has 1 aliphatic carbocycles. The number of ether oxygens (including phenoxy) is 2. The van der Waals surface area contributed by atoms with Gasteiger partial charge in [-0.1, -0.05) is 11.6 Å². The van der Waals surface area contributed by atoms with Gasteiger partial charge in [0.2, 0.25) is 11.7 Å².